The number of para-hydroxylation sites is 1. The monoisotopic (exact) mass is 288 g/mol. The van der Waals surface area contributed by atoms with Crippen LogP contribution in [-0.2, 0) is 18.0 Å². The molecule has 0 bridgehead atoms. The van der Waals surface area contributed by atoms with Gasteiger partial charge in [-0.25, -0.2) is 4.79 Å². The first-order valence-electron chi connectivity index (χ1n) is 6.27. The van der Waals surface area contributed by atoms with E-state index in [1.165, 1.54) is 5.06 Å². The van der Waals surface area contributed by atoms with Crippen LogP contribution in [0.5, 0.6) is 0 Å². The molecular weight excluding hydrogens is 276 g/mol. The average molecular weight is 289 g/mol. The van der Waals surface area contributed by atoms with Gasteiger partial charge in [0.25, 0.3) is 0 Å². The Morgan fingerprint density at radius 1 is 1.15 bits per heavy atom. The highest BCUT2D eigenvalue weighted by atomic mass is 35.5. The van der Waals surface area contributed by atoms with E-state index in [9.17, 15) is 4.79 Å². The molecule has 20 heavy (non-hydrogen) atoms. The third-order valence-corrected chi connectivity index (χ3v) is 3.42. The molecule has 1 aliphatic heterocycles. The molecule has 2 amide bonds. The van der Waals surface area contributed by atoms with Crippen LogP contribution in [0.15, 0.2) is 48.5 Å². The van der Waals surface area contributed by atoms with E-state index in [2.05, 4.69) is 5.32 Å². The summed E-state index contributed by atoms with van der Waals surface area (Å²) in [4.78, 5) is 17.5. The lowest BCUT2D eigenvalue weighted by Crippen LogP contribution is -2.38. The molecule has 5 heteroatoms. The molecule has 4 nitrogen and oxygen atoms in total. The topological polar surface area (TPSA) is 41.6 Å². The van der Waals surface area contributed by atoms with Crippen molar-refractivity contribution in [3.8, 4) is 0 Å². The molecule has 0 aromatic heterocycles. The van der Waals surface area contributed by atoms with Crippen LogP contribution in [-0.4, -0.2) is 11.1 Å². The van der Waals surface area contributed by atoms with Crippen molar-refractivity contribution < 1.29 is 9.63 Å². The van der Waals surface area contributed by atoms with Gasteiger partial charge in [-0.15, -0.1) is 0 Å². The van der Waals surface area contributed by atoms with Gasteiger partial charge in [0.05, 0.1) is 17.3 Å². The number of halogens is 1. The van der Waals surface area contributed by atoms with Gasteiger partial charge in [0.1, 0.15) is 6.61 Å². The Bertz CT molecular complexity index is 631. The van der Waals surface area contributed by atoms with Gasteiger partial charge >= 0.3 is 6.03 Å². The number of anilines is 1. The molecule has 1 N–H and O–H groups in total. The Hall–Kier alpha value is -2.04. The van der Waals surface area contributed by atoms with E-state index >= 15 is 0 Å². The first-order chi connectivity index (χ1) is 9.74. The summed E-state index contributed by atoms with van der Waals surface area (Å²) in [6.45, 7) is 0.735. The molecule has 3 rings (SSSR count). The molecule has 0 aliphatic carbocycles. The zero-order valence-electron chi connectivity index (χ0n) is 10.7. The van der Waals surface area contributed by atoms with Gasteiger partial charge in [0.15, 0.2) is 0 Å². The lowest BCUT2D eigenvalue weighted by molar-refractivity contribution is -0.132. The fraction of sp³-hybridized carbons (Fsp3) is 0.133. The summed E-state index contributed by atoms with van der Waals surface area (Å²) < 4.78 is 0. The van der Waals surface area contributed by atoms with Crippen LogP contribution in [0.25, 0.3) is 0 Å². The van der Waals surface area contributed by atoms with Gasteiger partial charge in [0.2, 0.25) is 0 Å². The van der Waals surface area contributed by atoms with Gasteiger partial charge in [-0.05, 0) is 17.2 Å². The number of benzene rings is 2. The van der Waals surface area contributed by atoms with Crippen LogP contribution >= 0.6 is 11.6 Å². The Labute approximate surface area is 121 Å². The number of carbonyl (C=O) groups excluding carboxylic acids is 1. The summed E-state index contributed by atoms with van der Waals surface area (Å²) in [5.74, 6) is 0. The summed E-state index contributed by atoms with van der Waals surface area (Å²) in [7, 11) is 0. The van der Waals surface area contributed by atoms with E-state index in [1.54, 1.807) is 6.07 Å². The van der Waals surface area contributed by atoms with Crippen molar-refractivity contribution in [1.82, 2.24) is 5.06 Å². The van der Waals surface area contributed by atoms with Gasteiger partial charge in [0, 0.05) is 0 Å². The minimum atomic E-state index is -0.304. The predicted molar refractivity (Wildman–Crippen MR) is 77.2 cm³/mol. The maximum absolute atomic E-state index is 12.0. The molecule has 0 fully saturated rings. The maximum atomic E-state index is 12.0. The number of hydroxylamine groups is 2. The SMILES string of the molecule is O=C1Nc2c(Cl)cccc2CN1OCc1ccccc1. The van der Waals surface area contributed by atoms with Crippen molar-refractivity contribution in [2.45, 2.75) is 13.2 Å². The summed E-state index contributed by atoms with van der Waals surface area (Å²) in [5, 5.41) is 4.60. The summed E-state index contributed by atoms with van der Waals surface area (Å²) in [6.07, 6.45) is 0. The fourth-order valence-electron chi connectivity index (χ4n) is 2.07. The van der Waals surface area contributed by atoms with Crippen molar-refractivity contribution in [1.29, 1.82) is 0 Å². The minimum absolute atomic E-state index is 0.304. The first-order valence-corrected chi connectivity index (χ1v) is 6.64. The van der Waals surface area contributed by atoms with Crippen LogP contribution in [0.1, 0.15) is 11.1 Å². The summed E-state index contributed by atoms with van der Waals surface area (Å²) in [5.41, 5.74) is 2.61. The van der Waals surface area contributed by atoms with E-state index in [0.717, 1.165) is 11.1 Å². The van der Waals surface area contributed by atoms with Gasteiger partial charge in [-0.1, -0.05) is 54.1 Å². The molecule has 1 aliphatic rings. The second kappa shape index (κ2) is 5.53. The summed E-state index contributed by atoms with van der Waals surface area (Å²) >= 11 is 6.05. The zero-order valence-corrected chi connectivity index (χ0v) is 11.4. The number of nitrogens with one attached hydrogen (secondary N) is 1. The largest absolute Gasteiger partial charge is 0.346 e. The molecule has 1 heterocycles. The first kappa shape index (κ1) is 13.0. The van der Waals surface area contributed by atoms with Gasteiger partial charge in [-0.3, -0.25) is 4.84 Å². The summed E-state index contributed by atoms with van der Waals surface area (Å²) in [6, 6.07) is 14.9. The normalized spacial score (nSPS) is 13.8. The van der Waals surface area contributed by atoms with Gasteiger partial charge in [-0.2, -0.15) is 5.06 Å². The number of urea groups is 1. The third-order valence-electron chi connectivity index (χ3n) is 3.10. The lowest BCUT2D eigenvalue weighted by atomic mass is 10.1. The number of hydrogen-bond donors (Lipinski definition) is 1. The van der Waals surface area contributed by atoms with Gasteiger partial charge < -0.3 is 5.32 Å². The van der Waals surface area contributed by atoms with Crippen molar-refractivity contribution in [2.24, 2.45) is 0 Å². The molecular formula is C15H13ClN2O2. The Balaban J connectivity index is 1.71. The average Bonchev–Trinajstić information content (AvgIpc) is 2.47. The lowest BCUT2D eigenvalue weighted by Gasteiger charge is -2.28. The molecule has 0 spiro atoms. The van der Waals surface area contributed by atoms with Crippen LogP contribution in [0.3, 0.4) is 0 Å². The van der Waals surface area contributed by atoms with Crippen LogP contribution in [0.2, 0.25) is 5.02 Å². The minimum Gasteiger partial charge on any atom is -0.304 e. The molecule has 2 aromatic carbocycles. The number of nitrogens with zero attached hydrogens (tertiary/aromatic N) is 1. The number of fused-ring (bicyclic) bond motifs is 1. The standard InChI is InChI=1S/C15H13ClN2O2/c16-13-8-4-7-12-9-18(15(19)17-14(12)13)20-10-11-5-2-1-3-6-11/h1-8H,9-10H2,(H,17,19). The van der Waals surface area contributed by atoms with Crippen molar-refractivity contribution in [3.63, 3.8) is 0 Å². The van der Waals surface area contributed by atoms with Crippen molar-refractivity contribution in [3.05, 3.63) is 64.7 Å². The Morgan fingerprint density at radius 3 is 2.75 bits per heavy atom. The van der Waals surface area contributed by atoms with E-state index in [1.807, 2.05) is 42.5 Å². The molecule has 0 unspecified atom stereocenters. The fourth-order valence-corrected chi connectivity index (χ4v) is 2.31. The van der Waals surface area contributed by atoms with E-state index in [0.29, 0.717) is 23.9 Å². The second-order valence-corrected chi connectivity index (χ2v) is 4.91. The molecule has 0 saturated heterocycles. The number of carbonyl (C=O) groups is 1. The highest BCUT2D eigenvalue weighted by Crippen LogP contribution is 2.30. The molecule has 0 radical (unpaired) electrons. The number of amides is 2. The number of hydrogen-bond acceptors (Lipinski definition) is 2. The zero-order chi connectivity index (χ0) is 13.9. The van der Waals surface area contributed by atoms with Crippen molar-refractivity contribution >= 4 is 23.3 Å². The third kappa shape index (κ3) is 2.61. The highest BCUT2D eigenvalue weighted by molar-refractivity contribution is 6.34. The van der Waals surface area contributed by atoms with E-state index in [4.69, 9.17) is 16.4 Å². The molecule has 0 saturated carbocycles. The van der Waals surface area contributed by atoms with E-state index < -0.39 is 0 Å². The van der Waals surface area contributed by atoms with Crippen molar-refractivity contribution in [2.75, 3.05) is 5.32 Å². The molecule has 102 valence electrons. The Morgan fingerprint density at radius 2 is 1.95 bits per heavy atom. The smallest absolute Gasteiger partial charge is 0.304 e. The second-order valence-electron chi connectivity index (χ2n) is 4.50. The van der Waals surface area contributed by atoms with E-state index in [-0.39, 0.29) is 6.03 Å². The predicted octanol–water partition coefficient (Wildman–Crippen LogP) is 3.82. The quantitative estimate of drug-likeness (QED) is 0.933. The Kier molecular flexibility index (Phi) is 3.58. The molecule has 2 aromatic rings. The van der Waals surface area contributed by atoms with Crippen LogP contribution in [0.4, 0.5) is 10.5 Å². The highest BCUT2D eigenvalue weighted by Gasteiger charge is 2.24. The molecule has 0 atom stereocenters. The maximum Gasteiger partial charge on any atom is 0.346 e. The van der Waals surface area contributed by atoms with Crippen LogP contribution in [0, 0.1) is 0 Å². The number of rotatable bonds is 3. The van der Waals surface area contributed by atoms with Crippen LogP contribution < -0.4 is 5.32 Å².